The summed E-state index contributed by atoms with van der Waals surface area (Å²) in [6.45, 7) is 5.27. The van der Waals surface area contributed by atoms with Crippen LogP contribution in [0.1, 0.15) is 17.5 Å². The van der Waals surface area contributed by atoms with Crippen molar-refractivity contribution in [3.63, 3.8) is 0 Å². The quantitative estimate of drug-likeness (QED) is 0.499. The maximum atomic E-state index is 14.3. The molecule has 0 amide bonds. The minimum Gasteiger partial charge on any atom is -0.461 e. The normalized spacial score (nSPS) is 15.4. The molecular formula is C21H22ClFN8O. The highest BCUT2D eigenvalue weighted by atomic mass is 35.5. The molecule has 4 heterocycles. The van der Waals surface area contributed by atoms with E-state index in [1.165, 1.54) is 10.6 Å². The summed E-state index contributed by atoms with van der Waals surface area (Å²) in [5.74, 6) is 1.70. The number of fused-ring (bicyclic) bond motifs is 1. The van der Waals surface area contributed by atoms with Crippen LogP contribution in [0, 0.1) is 12.7 Å². The smallest absolute Gasteiger partial charge is 0.259 e. The lowest BCUT2D eigenvalue weighted by molar-refractivity contribution is 0.281. The molecule has 9 nitrogen and oxygen atoms in total. The predicted octanol–water partition coefficient (Wildman–Crippen LogP) is 3.17. The van der Waals surface area contributed by atoms with Crippen LogP contribution in [-0.4, -0.2) is 55.6 Å². The highest BCUT2D eigenvalue weighted by Gasteiger charge is 2.22. The van der Waals surface area contributed by atoms with Gasteiger partial charge in [-0.05, 0) is 37.1 Å². The van der Waals surface area contributed by atoms with Gasteiger partial charge in [0, 0.05) is 38.3 Å². The van der Waals surface area contributed by atoms with Gasteiger partial charge in [0.05, 0.1) is 11.3 Å². The number of hydrogen-bond donors (Lipinski definition) is 1. The van der Waals surface area contributed by atoms with Gasteiger partial charge in [-0.15, -0.1) is 5.10 Å². The van der Waals surface area contributed by atoms with Crippen molar-refractivity contribution in [2.45, 2.75) is 19.9 Å². The van der Waals surface area contributed by atoms with Crippen molar-refractivity contribution < 1.29 is 8.81 Å². The van der Waals surface area contributed by atoms with Gasteiger partial charge in [0.1, 0.15) is 5.82 Å². The molecule has 11 heteroatoms. The van der Waals surface area contributed by atoms with Gasteiger partial charge in [-0.2, -0.15) is 19.5 Å². The van der Waals surface area contributed by atoms with Crippen LogP contribution < -0.4 is 10.6 Å². The lowest BCUT2D eigenvalue weighted by Gasteiger charge is -2.23. The maximum Gasteiger partial charge on any atom is 0.259 e. The molecule has 0 saturated carbocycles. The fourth-order valence-electron chi connectivity index (χ4n) is 3.86. The summed E-state index contributed by atoms with van der Waals surface area (Å²) in [7, 11) is 0. The predicted molar refractivity (Wildman–Crippen MR) is 119 cm³/mol. The Balaban J connectivity index is 1.35. The SMILES string of the molecule is Cc1ccc(F)c(CN2CCCN(c3nc(N)n4nc(-c5ccco5)nc4n3)CC2)c1Cl. The van der Waals surface area contributed by atoms with E-state index in [1.54, 1.807) is 24.5 Å². The Bertz CT molecular complexity index is 1260. The van der Waals surface area contributed by atoms with Crippen molar-refractivity contribution in [3.05, 3.63) is 52.5 Å². The second-order valence-electron chi connectivity index (χ2n) is 7.78. The van der Waals surface area contributed by atoms with Gasteiger partial charge >= 0.3 is 0 Å². The summed E-state index contributed by atoms with van der Waals surface area (Å²) in [6, 6.07) is 6.71. The Morgan fingerprint density at radius 3 is 2.81 bits per heavy atom. The van der Waals surface area contributed by atoms with Gasteiger partial charge in [0.15, 0.2) is 5.76 Å². The molecule has 1 aliphatic heterocycles. The number of halogens is 2. The molecule has 1 saturated heterocycles. The monoisotopic (exact) mass is 456 g/mol. The lowest BCUT2D eigenvalue weighted by atomic mass is 10.1. The van der Waals surface area contributed by atoms with E-state index >= 15 is 0 Å². The average Bonchev–Trinajstić information content (AvgIpc) is 3.40. The van der Waals surface area contributed by atoms with Crippen molar-refractivity contribution in [2.24, 2.45) is 0 Å². The highest BCUT2D eigenvalue weighted by Crippen LogP contribution is 2.26. The number of nitrogen functional groups attached to an aromatic ring is 1. The van der Waals surface area contributed by atoms with Gasteiger partial charge < -0.3 is 15.1 Å². The summed E-state index contributed by atoms with van der Waals surface area (Å²) >= 11 is 6.36. The second-order valence-corrected chi connectivity index (χ2v) is 8.16. The number of aryl methyl sites for hydroxylation is 1. The fourth-order valence-corrected chi connectivity index (χ4v) is 4.07. The van der Waals surface area contributed by atoms with Crippen LogP contribution in [0.4, 0.5) is 16.3 Å². The zero-order valence-electron chi connectivity index (χ0n) is 17.5. The van der Waals surface area contributed by atoms with Crippen LogP contribution >= 0.6 is 11.6 Å². The van der Waals surface area contributed by atoms with Crippen LogP contribution in [0.5, 0.6) is 0 Å². The summed E-state index contributed by atoms with van der Waals surface area (Å²) in [5.41, 5.74) is 7.54. The van der Waals surface area contributed by atoms with Crippen molar-refractivity contribution in [2.75, 3.05) is 36.8 Å². The first-order valence-electron chi connectivity index (χ1n) is 10.3. The zero-order chi connectivity index (χ0) is 22.2. The number of hydrogen-bond acceptors (Lipinski definition) is 8. The first-order valence-corrected chi connectivity index (χ1v) is 10.7. The van der Waals surface area contributed by atoms with Crippen LogP contribution in [-0.2, 0) is 6.54 Å². The molecule has 5 rings (SSSR count). The summed E-state index contributed by atoms with van der Waals surface area (Å²) < 4.78 is 21.1. The number of rotatable bonds is 4. The van der Waals surface area contributed by atoms with Crippen LogP contribution in [0.25, 0.3) is 17.4 Å². The lowest BCUT2D eigenvalue weighted by Crippen LogP contribution is -2.32. The molecule has 4 aromatic rings. The first kappa shape index (κ1) is 20.7. The number of furan rings is 1. The molecule has 1 fully saturated rings. The van der Waals surface area contributed by atoms with E-state index in [2.05, 4.69) is 29.9 Å². The standard InChI is InChI=1S/C21H22ClFN8O/c1-13-5-6-15(23)14(17(13)22)12-29-7-3-8-30(10-9-29)20-26-19(24)31-21(27-20)25-18(28-31)16-4-2-11-32-16/h2,4-6,11H,3,7-10,12H2,1H3,(H2,24,25,26,27,28). The number of anilines is 2. The molecule has 0 unspecified atom stereocenters. The largest absolute Gasteiger partial charge is 0.461 e. The number of nitrogens with two attached hydrogens (primary N) is 1. The highest BCUT2D eigenvalue weighted by molar-refractivity contribution is 6.32. The van der Waals surface area contributed by atoms with Gasteiger partial charge in [-0.3, -0.25) is 4.90 Å². The zero-order valence-corrected chi connectivity index (χ0v) is 18.3. The molecule has 1 aromatic carbocycles. The van der Waals surface area contributed by atoms with Gasteiger partial charge in [-0.25, -0.2) is 4.39 Å². The average molecular weight is 457 g/mol. The summed E-state index contributed by atoms with van der Waals surface area (Å²) in [6.07, 6.45) is 2.42. The van der Waals surface area contributed by atoms with Gasteiger partial charge in [0.25, 0.3) is 5.78 Å². The van der Waals surface area contributed by atoms with Gasteiger partial charge in [0.2, 0.25) is 17.7 Å². The van der Waals surface area contributed by atoms with E-state index in [0.29, 0.717) is 53.5 Å². The number of nitrogens with zero attached hydrogens (tertiary/aromatic N) is 7. The van der Waals surface area contributed by atoms with Crippen molar-refractivity contribution in [1.29, 1.82) is 0 Å². The third-order valence-corrected chi connectivity index (χ3v) is 6.12. The Labute approximate surface area is 188 Å². The van der Waals surface area contributed by atoms with Gasteiger partial charge in [-0.1, -0.05) is 17.7 Å². The van der Waals surface area contributed by atoms with E-state index in [-0.39, 0.29) is 11.8 Å². The Hall–Kier alpha value is -3.24. The Morgan fingerprint density at radius 2 is 2.00 bits per heavy atom. The molecule has 1 aliphatic rings. The minimum atomic E-state index is -0.276. The molecule has 32 heavy (non-hydrogen) atoms. The molecule has 0 aliphatic carbocycles. The van der Waals surface area contributed by atoms with E-state index in [1.807, 2.05) is 6.92 Å². The van der Waals surface area contributed by atoms with E-state index < -0.39 is 0 Å². The maximum absolute atomic E-state index is 14.3. The van der Waals surface area contributed by atoms with Crippen molar-refractivity contribution >= 4 is 29.3 Å². The first-order chi connectivity index (χ1) is 15.5. The molecule has 0 atom stereocenters. The summed E-state index contributed by atoms with van der Waals surface area (Å²) in [5, 5.41) is 4.82. The third-order valence-electron chi connectivity index (χ3n) is 5.60. The van der Waals surface area contributed by atoms with Crippen LogP contribution in [0.15, 0.2) is 34.9 Å². The molecule has 0 radical (unpaired) electrons. The topological polar surface area (TPSA) is 102 Å². The molecule has 3 aromatic heterocycles. The number of benzene rings is 1. The fraction of sp³-hybridized carbons (Fsp3) is 0.333. The van der Waals surface area contributed by atoms with Crippen LogP contribution in [0.2, 0.25) is 5.02 Å². The van der Waals surface area contributed by atoms with E-state index in [0.717, 1.165) is 25.1 Å². The number of aromatic nitrogens is 5. The van der Waals surface area contributed by atoms with Crippen molar-refractivity contribution in [3.8, 4) is 11.6 Å². The Morgan fingerprint density at radius 1 is 1.12 bits per heavy atom. The molecule has 166 valence electrons. The Kier molecular flexibility index (Phi) is 5.40. The molecule has 2 N–H and O–H groups in total. The van der Waals surface area contributed by atoms with E-state index in [9.17, 15) is 4.39 Å². The third kappa shape index (κ3) is 3.87. The van der Waals surface area contributed by atoms with Crippen molar-refractivity contribution in [1.82, 2.24) is 29.5 Å². The van der Waals surface area contributed by atoms with Crippen LogP contribution in [0.3, 0.4) is 0 Å². The minimum absolute atomic E-state index is 0.199. The summed E-state index contributed by atoms with van der Waals surface area (Å²) in [4.78, 5) is 17.7. The molecular weight excluding hydrogens is 435 g/mol. The second kappa shape index (κ2) is 8.36. The van der Waals surface area contributed by atoms with E-state index in [4.69, 9.17) is 21.8 Å². The molecule has 0 bridgehead atoms. The molecule has 0 spiro atoms.